The topological polar surface area (TPSA) is 88.5 Å². The SMILES string of the molecule is N#CC1=C(N)Oc2cc(O)ccc2[C@H]1c1cc(Br)c(OCc2ccccc2Cl)c(Br)c1. The number of rotatable bonds is 4. The zero-order valence-corrected chi connectivity index (χ0v) is 19.8. The molecule has 5 nitrogen and oxygen atoms in total. The van der Waals surface area contributed by atoms with E-state index in [2.05, 4.69) is 37.9 Å². The first kappa shape index (κ1) is 21.6. The normalized spacial score (nSPS) is 15.1. The molecular weight excluding hydrogens is 548 g/mol. The molecule has 3 aromatic rings. The van der Waals surface area contributed by atoms with Gasteiger partial charge < -0.3 is 20.3 Å². The molecule has 0 saturated heterocycles. The summed E-state index contributed by atoms with van der Waals surface area (Å²) >= 11 is 13.4. The minimum atomic E-state index is -0.459. The van der Waals surface area contributed by atoms with Crippen molar-refractivity contribution in [2.24, 2.45) is 5.73 Å². The van der Waals surface area contributed by atoms with Crippen LogP contribution in [-0.4, -0.2) is 5.11 Å². The number of nitriles is 1. The van der Waals surface area contributed by atoms with Crippen molar-refractivity contribution in [3.8, 4) is 23.3 Å². The number of phenolic OH excluding ortho intramolecular Hbond substituents is 1. The molecule has 31 heavy (non-hydrogen) atoms. The highest BCUT2D eigenvalue weighted by Gasteiger charge is 2.31. The number of hydrogen-bond donors (Lipinski definition) is 2. The van der Waals surface area contributed by atoms with Gasteiger partial charge in [-0.2, -0.15) is 5.26 Å². The van der Waals surface area contributed by atoms with E-state index in [1.165, 1.54) is 6.07 Å². The van der Waals surface area contributed by atoms with E-state index in [4.69, 9.17) is 26.8 Å². The zero-order valence-electron chi connectivity index (χ0n) is 15.9. The third-order valence-corrected chi connectivity index (χ3v) is 6.43. The standard InChI is InChI=1S/C23H15Br2ClN2O3/c24-17-7-13(8-18(25)22(17)30-11-12-3-1-2-4-19(12)26)21-15-6-5-14(29)9-20(15)31-23(28)16(21)10-27/h1-9,21,29H,11,28H2/t21-/m1/s1. The Kier molecular flexibility index (Phi) is 6.15. The van der Waals surface area contributed by atoms with Gasteiger partial charge in [0.25, 0.3) is 0 Å². The first-order valence-corrected chi connectivity index (χ1v) is 11.1. The lowest BCUT2D eigenvalue weighted by atomic mass is 9.83. The molecule has 0 fully saturated rings. The summed E-state index contributed by atoms with van der Waals surface area (Å²) in [6.07, 6.45) is 0. The summed E-state index contributed by atoms with van der Waals surface area (Å²) in [4.78, 5) is 0. The average Bonchev–Trinajstić information content (AvgIpc) is 2.73. The first-order chi connectivity index (χ1) is 14.9. The van der Waals surface area contributed by atoms with E-state index >= 15 is 0 Å². The van der Waals surface area contributed by atoms with Gasteiger partial charge in [0.15, 0.2) is 0 Å². The summed E-state index contributed by atoms with van der Waals surface area (Å²) in [5, 5.41) is 20.2. The lowest BCUT2D eigenvalue weighted by molar-refractivity contribution is 0.302. The van der Waals surface area contributed by atoms with Crippen LogP contribution in [0.3, 0.4) is 0 Å². The fraction of sp³-hybridized carbons (Fsp3) is 0.0870. The summed E-state index contributed by atoms with van der Waals surface area (Å²) in [6, 6.07) is 18.2. The summed E-state index contributed by atoms with van der Waals surface area (Å²) < 4.78 is 13.0. The number of benzene rings is 3. The molecule has 0 aromatic heterocycles. The Morgan fingerprint density at radius 3 is 2.52 bits per heavy atom. The van der Waals surface area contributed by atoms with Crippen LogP contribution in [0.15, 0.2) is 75.0 Å². The van der Waals surface area contributed by atoms with Crippen LogP contribution in [0.5, 0.6) is 17.2 Å². The van der Waals surface area contributed by atoms with Gasteiger partial charge >= 0.3 is 0 Å². The molecular formula is C23H15Br2ClN2O3. The maximum absolute atomic E-state index is 9.81. The molecule has 0 amide bonds. The molecule has 1 aliphatic heterocycles. The zero-order chi connectivity index (χ0) is 22.1. The van der Waals surface area contributed by atoms with E-state index in [-0.39, 0.29) is 11.6 Å². The molecule has 0 radical (unpaired) electrons. The molecule has 156 valence electrons. The number of nitrogens with zero attached hydrogens (tertiary/aromatic N) is 1. The number of nitrogens with two attached hydrogens (primary N) is 1. The van der Waals surface area contributed by atoms with E-state index in [1.807, 2.05) is 36.4 Å². The second-order valence-corrected chi connectivity index (χ2v) is 8.96. The predicted octanol–water partition coefficient (Wildman–Crippen LogP) is 6.37. The molecule has 3 aromatic carbocycles. The monoisotopic (exact) mass is 560 g/mol. The van der Waals surface area contributed by atoms with Crippen LogP contribution >= 0.6 is 43.5 Å². The molecule has 3 N–H and O–H groups in total. The number of allylic oxidation sites excluding steroid dienone is 1. The van der Waals surface area contributed by atoms with Crippen LogP contribution in [-0.2, 0) is 6.61 Å². The second-order valence-electron chi connectivity index (χ2n) is 6.84. The maximum atomic E-state index is 9.81. The summed E-state index contributed by atoms with van der Waals surface area (Å²) in [5.74, 6) is 0.623. The van der Waals surface area contributed by atoms with Crippen LogP contribution in [0, 0.1) is 11.3 Å². The van der Waals surface area contributed by atoms with Crippen LogP contribution in [0.2, 0.25) is 5.02 Å². The third kappa shape index (κ3) is 4.24. The Hall–Kier alpha value is -2.66. The van der Waals surface area contributed by atoms with Gasteiger partial charge in [0.05, 0.1) is 14.9 Å². The minimum absolute atomic E-state index is 0.0110. The molecule has 1 heterocycles. The Morgan fingerprint density at radius 1 is 1.13 bits per heavy atom. The van der Waals surface area contributed by atoms with E-state index in [0.29, 0.717) is 37.6 Å². The number of phenols is 1. The highest BCUT2D eigenvalue weighted by molar-refractivity contribution is 9.11. The van der Waals surface area contributed by atoms with E-state index in [9.17, 15) is 10.4 Å². The van der Waals surface area contributed by atoms with E-state index in [1.54, 1.807) is 12.1 Å². The third-order valence-electron chi connectivity index (χ3n) is 4.89. The smallest absolute Gasteiger partial charge is 0.205 e. The maximum Gasteiger partial charge on any atom is 0.205 e. The molecule has 0 saturated carbocycles. The van der Waals surface area contributed by atoms with Gasteiger partial charge in [-0.25, -0.2) is 0 Å². The van der Waals surface area contributed by atoms with Crippen molar-refractivity contribution in [2.75, 3.05) is 0 Å². The van der Waals surface area contributed by atoms with Crippen molar-refractivity contribution in [1.29, 1.82) is 5.26 Å². The van der Waals surface area contributed by atoms with Gasteiger partial charge in [0.1, 0.15) is 35.5 Å². The second kappa shape index (κ2) is 8.83. The lowest BCUT2D eigenvalue weighted by Gasteiger charge is -2.27. The van der Waals surface area contributed by atoms with Gasteiger partial charge in [0.2, 0.25) is 5.88 Å². The van der Waals surface area contributed by atoms with Crippen LogP contribution in [0.4, 0.5) is 0 Å². The van der Waals surface area contributed by atoms with Crippen LogP contribution in [0.1, 0.15) is 22.6 Å². The highest BCUT2D eigenvalue weighted by atomic mass is 79.9. The predicted molar refractivity (Wildman–Crippen MR) is 125 cm³/mol. The minimum Gasteiger partial charge on any atom is -0.508 e. The van der Waals surface area contributed by atoms with Crippen molar-refractivity contribution < 1.29 is 14.6 Å². The van der Waals surface area contributed by atoms with Crippen molar-refractivity contribution >= 4 is 43.5 Å². The summed E-state index contributed by atoms with van der Waals surface area (Å²) in [7, 11) is 0. The van der Waals surface area contributed by atoms with Gasteiger partial charge in [-0.15, -0.1) is 0 Å². The molecule has 4 rings (SSSR count). The van der Waals surface area contributed by atoms with Gasteiger partial charge in [-0.1, -0.05) is 35.9 Å². The fourth-order valence-corrected chi connectivity index (χ4v) is 5.08. The molecule has 0 spiro atoms. The number of ether oxygens (including phenoxy) is 2. The Morgan fingerprint density at radius 2 is 1.84 bits per heavy atom. The molecule has 8 heteroatoms. The van der Waals surface area contributed by atoms with Crippen LogP contribution < -0.4 is 15.2 Å². The molecule has 0 aliphatic carbocycles. The molecule has 1 atom stereocenters. The van der Waals surface area contributed by atoms with E-state index < -0.39 is 5.92 Å². The highest BCUT2D eigenvalue weighted by Crippen LogP contribution is 2.46. The van der Waals surface area contributed by atoms with Crippen molar-refractivity contribution in [3.05, 3.63) is 96.7 Å². The first-order valence-electron chi connectivity index (χ1n) is 9.14. The lowest BCUT2D eigenvalue weighted by Crippen LogP contribution is -2.21. The molecule has 1 aliphatic rings. The van der Waals surface area contributed by atoms with Gasteiger partial charge in [0, 0.05) is 22.2 Å². The quantitative estimate of drug-likeness (QED) is 0.386. The van der Waals surface area contributed by atoms with Crippen LogP contribution in [0.25, 0.3) is 0 Å². The number of fused-ring (bicyclic) bond motifs is 1. The molecule has 0 unspecified atom stereocenters. The van der Waals surface area contributed by atoms with Gasteiger partial charge in [-0.3, -0.25) is 0 Å². The Labute approximate surface area is 200 Å². The Bertz CT molecular complexity index is 1230. The van der Waals surface area contributed by atoms with Crippen molar-refractivity contribution in [1.82, 2.24) is 0 Å². The fourth-order valence-electron chi connectivity index (χ4n) is 3.44. The number of hydrogen-bond acceptors (Lipinski definition) is 5. The average molecular weight is 563 g/mol. The van der Waals surface area contributed by atoms with Gasteiger partial charge in [-0.05, 0) is 61.7 Å². The number of aromatic hydroxyl groups is 1. The largest absolute Gasteiger partial charge is 0.508 e. The number of halogens is 3. The summed E-state index contributed by atoms with van der Waals surface area (Å²) in [6.45, 7) is 0.298. The van der Waals surface area contributed by atoms with Crippen molar-refractivity contribution in [3.63, 3.8) is 0 Å². The molecule has 0 bridgehead atoms. The summed E-state index contributed by atoms with van der Waals surface area (Å²) in [5.41, 5.74) is 8.70. The van der Waals surface area contributed by atoms with Crippen molar-refractivity contribution in [2.45, 2.75) is 12.5 Å². The Balaban J connectivity index is 1.72. The van der Waals surface area contributed by atoms with E-state index in [0.717, 1.165) is 16.7 Å².